The molecule has 0 aromatic heterocycles. The molecule has 0 spiro atoms. The highest BCUT2D eigenvalue weighted by molar-refractivity contribution is 5.54. The van der Waals surface area contributed by atoms with Gasteiger partial charge in [-0.3, -0.25) is 0 Å². The van der Waals surface area contributed by atoms with Gasteiger partial charge in [-0.05, 0) is 90.3 Å². The molecule has 5 rings (SSSR count). The van der Waals surface area contributed by atoms with Gasteiger partial charge in [0.1, 0.15) is 11.5 Å². The molecule has 2 heteroatoms. The van der Waals surface area contributed by atoms with Gasteiger partial charge in [0.15, 0.2) is 0 Å². The van der Waals surface area contributed by atoms with Crippen LogP contribution in [0.2, 0.25) is 0 Å². The van der Waals surface area contributed by atoms with Crippen molar-refractivity contribution >= 4 is 0 Å². The van der Waals surface area contributed by atoms with E-state index in [4.69, 9.17) is 0 Å². The number of aryl methyl sites for hydroxylation is 2. The first-order valence-electron chi connectivity index (χ1n) is 13.7. The van der Waals surface area contributed by atoms with Gasteiger partial charge in [-0.2, -0.15) is 0 Å². The number of benzene rings is 3. The van der Waals surface area contributed by atoms with Crippen molar-refractivity contribution in [2.75, 3.05) is 0 Å². The fraction of sp³-hybridized carbons (Fsp3) is 0.455. The Morgan fingerprint density at radius 3 is 1.43 bits per heavy atom. The van der Waals surface area contributed by atoms with Gasteiger partial charge in [0.05, 0.1) is 0 Å². The summed E-state index contributed by atoms with van der Waals surface area (Å²) in [5.74, 6) is 1.92. The quantitative estimate of drug-likeness (QED) is 0.367. The maximum Gasteiger partial charge on any atom is 0.121 e. The summed E-state index contributed by atoms with van der Waals surface area (Å²) in [5.41, 5.74) is 7.93. The molecule has 0 amide bonds. The van der Waals surface area contributed by atoms with Crippen molar-refractivity contribution in [3.8, 4) is 11.5 Å². The second-order valence-electron chi connectivity index (χ2n) is 11.1. The van der Waals surface area contributed by atoms with Gasteiger partial charge in [-0.1, -0.05) is 93.1 Å². The van der Waals surface area contributed by atoms with Crippen molar-refractivity contribution in [3.63, 3.8) is 0 Å². The van der Waals surface area contributed by atoms with Gasteiger partial charge in [-0.25, -0.2) is 0 Å². The van der Waals surface area contributed by atoms with Crippen LogP contribution < -0.4 is 0 Å². The van der Waals surface area contributed by atoms with Gasteiger partial charge < -0.3 is 10.2 Å². The average Bonchev–Trinajstić information content (AvgIpc) is 2.90. The standard InChI is InChI=1S/C33H40O2/c1-22-18-27(20-29(32(22)34)24-12-6-3-7-13-24)31(26-16-10-5-11-17-26)28-19-23(2)33(35)30(21-28)25-14-8-4-9-15-25/h5,10-11,16-21,24-25,31,34-35H,3-4,6-9,12-15H2,1-2H3. The highest BCUT2D eigenvalue weighted by Gasteiger charge is 2.26. The van der Waals surface area contributed by atoms with E-state index in [-0.39, 0.29) is 5.92 Å². The predicted octanol–water partition coefficient (Wildman–Crippen LogP) is 8.99. The summed E-state index contributed by atoms with van der Waals surface area (Å²) in [7, 11) is 0. The van der Waals surface area contributed by atoms with Crippen LogP contribution in [0.1, 0.15) is 121 Å². The van der Waals surface area contributed by atoms with E-state index in [0.29, 0.717) is 23.3 Å². The van der Waals surface area contributed by atoms with Crippen molar-refractivity contribution in [1.29, 1.82) is 0 Å². The molecule has 2 aliphatic carbocycles. The fourth-order valence-electron chi connectivity index (χ4n) is 6.68. The maximum absolute atomic E-state index is 11.1. The summed E-state index contributed by atoms with van der Waals surface area (Å²) in [6.45, 7) is 4.09. The van der Waals surface area contributed by atoms with Crippen LogP contribution in [0, 0.1) is 13.8 Å². The second-order valence-corrected chi connectivity index (χ2v) is 11.1. The first-order valence-corrected chi connectivity index (χ1v) is 13.7. The first kappa shape index (κ1) is 24.0. The molecule has 3 aromatic carbocycles. The zero-order valence-electron chi connectivity index (χ0n) is 21.4. The number of rotatable bonds is 5. The van der Waals surface area contributed by atoms with Crippen LogP contribution in [-0.4, -0.2) is 10.2 Å². The third-order valence-electron chi connectivity index (χ3n) is 8.59. The summed E-state index contributed by atoms with van der Waals surface area (Å²) >= 11 is 0. The minimum absolute atomic E-state index is 0.0690. The van der Waals surface area contributed by atoms with Crippen LogP contribution >= 0.6 is 0 Å². The van der Waals surface area contributed by atoms with E-state index in [2.05, 4.69) is 54.6 Å². The Bertz CT molecular complexity index is 1080. The van der Waals surface area contributed by atoms with Gasteiger partial charge in [0.2, 0.25) is 0 Å². The van der Waals surface area contributed by atoms with Gasteiger partial charge in [-0.15, -0.1) is 0 Å². The van der Waals surface area contributed by atoms with E-state index < -0.39 is 0 Å². The number of phenols is 2. The van der Waals surface area contributed by atoms with Crippen LogP contribution in [0.5, 0.6) is 11.5 Å². The molecule has 0 radical (unpaired) electrons. The van der Waals surface area contributed by atoms with Crippen molar-refractivity contribution in [1.82, 2.24) is 0 Å². The van der Waals surface area contributed by atoms with E-state index in [0.717, 1.165) is 47.9 Å². The molecular formula is C33H40O2. The molecule has 2 aliphatic rings. The molecule has 2 saturated carbocycles. The lowest BCUT2D eigenvalue weighted by Gasteiger charge is -2.28. The number of phenolic OH excluding ortho intramolecular Hbond substituents is 2. The first-order chi connectivity index (χ1) is 17.0. The smallest absolute Gasteiger partial charge is 0.121 e. The molecule has 2 fully saturated rings. The Morgan fingerprint density at radius 2 is 1.00 bits per heavy atom. The lowest BCUT2D eigenvalue weighted by molar-refractivity contribution is 0.411. The summed E-state index contributed by atoms with van der Waals surface area (Å²) in [4.78, 5) is 0. The topological polar surface area (TPSA) is 40.5 Å². The Kier molecular flexibility index (Phi) is 7.18. The van der Waals surface area contributed by atoms with E-state index >= 15 is 0 Å². The lowest BCUT2D eigenvalue weighted by atomic mass is 9.77. The minimum Gasteiger partial charge on any atom is -0.507 e. The third-order valence-corrected chi connectivity index (χ3v) is 8.59. The lowest BCUT2D eigenvalue weighted by Crippen LogP contribution is -2.11. The average molecular weight is 469 g/mol. The van der Waals surface area contributed by atoms with Gasteiger partial charge in [0.25, 0.3) is 0 Å². The Labute approximate surface area is 211 Å². The molecule has 0 saturated heterocycles. The van der Waals surface area contributed by atoms with Crippen LogP contribution in [0.4, 0.5) is 0 Å². The molecule has 2 N–H and O–H groups in total. The molecular weight excluding hydrogens is 428 g/mol. The molecule has 2 nitrogen and oxygen atoms in total. The third kappa shape index (κ3) is 4.99. The van der Waals surface area contributed by atoms with E-state index in [1.165, 1.54) is 55.2 Å². The number of hydrogen-bond acceptors (Lipinski definition) is 2. The summed E-state index contributed by atoms with van der Waals surface area (Å²) in [6.07, 6.45) is 12.3. The highest BCUT2D eigenvalue weighted by Crippen LogP contribution is 2.45. The zero-order valence-corrected chi connectivity index (χ0v) is 21.4. The normalized spacial score (nSPS) is 17.7. The Morgan fingerprint density at radius 1 is 0.571 bits per heavy atom. The Balaban J connectivity index is 1.65. The molecule has 3 aromatic rings. The van der Waals surface area contributed by atoms with E-state index in [1.54, 1.807) is 0 Å². The molecule has 0 heterocycles. The van der Waals surface area contributed by atoms with Crippen molar-refractivity contribution < 1.29 is 10.2 Å². The molecule has 184 valence electrons. The zero-order chi connectivity index (χ0) is 24.4. The van der Waals surface area contributed by atoms with E-state index in [1.807, 2.05) is 13.8 Å². The summed E-state index contributed by atoms with van der Waals surface area (Å²) in [5, 5.41) is 22.1. The van der Waals surface area contributed by atoms with Gasteiger partial charge in [0, 0.05) is 5.92 Å². The van der Waals surface area contributed by atoms with Crippen LogP contribution in [0.3, 0.4) is 0 Å². The minimum atomic E-state index is 0.0690. The fourth-order valence-corrected chi connectivity index (χ4v) is 6.68. The van der Waals surface area contributed by atoms with Crippen LogP contribution in [-0.2, 0) is 0 Å². The predicted molar refractivity (Wildman–Crippen MR) is 145 cm³/mol. The number of aromatic hydroxyl groups is 2. The molecule has 0 aliphatic heterocycles. The largest absolute Gasteiger partial charge is 0.507 e. The van der Waals surface area contributed by atoms with Crippen molar-refractivity contribution in [2.45, 2.75) is 95.8 Å². The van der Waals surface area contributed by atoms with Crippen LogP contribution in [0.15, 0.2) is 54.6 Å². The van der Waals surface area contributed by atoms with Crippen molar-refractivity contribution in [3.05, 3.63) is 93.5 Å². The number of hydrogen-bond donors (Lipinski definition) is 2. The molecule has 0 unspecified atom stereocenters. The van der Waals surface area contributed by atoms with Crippen molar-refractivity contribution in [2.24, 2.45) is 0 Å². The summed E-state index contributed by atoms with van der Waals surface area (Å²) < 4.78 is 0. The highest BCUT2D eigenvalue weighted by atomic mass is 16.3. The van der Waals surface area contributed by atoms with Gasteiger partial charge >= 0.3 is 0 Å². The van der Waals surface area contributed by atoms with E-state index in [9.17, 15) is 10.2 Å². The maximum atomic E-state index is 11.1. The SMILES string of the molecule is Cc1cc(C(c2ccccc2)c2cc(C)c(O)c(C3CCCCC3)c2)cc(C2CCCCC2)c1O. The molecule has 0 bridgehead atoms. The molecule has 35 heavy (non-hydrogen) atoms. The second kappa shape index (κ2) is 10.5. The monoisotopic (exact) mass is 468 g/mol. The Hall–Kier alpha value is -2.74. The summed E-state index contributed by atoms with van der Waals surface area (Å²) in [6, 6.07) is 19.7. The van der Waals surface area contributed by atoms with Crippen LogP contribution in [0.25, 0.3) is 0 Å². The molecule has 0 atom stereocenters.